The molecule has 1 rings (SSSR count). The van der Waals surface area contributed by atoms with Crippen molar-refractivity contribution in [3.05, 3.63) is 34.9 Å². The van der Waals surface area contributed by atoms with Gasteiger partial charge in [-0.3, -0.25) is 0 Å². The molecule has 20 heavy (non-hydrogen) atoms. The molecule has 0 radical (unpaired) electrons. The van der Waals surface area contributed by atoms with Crippen molar-refractivity contribution in [2.45, 2.75) is 31.9 Å². The van der Waals surface area contributed by atoms with Crippen molar-refractivity contribution < 1.29 is 13.2 Å². The van der Waals surface area contributed by atoms with E-state index in [1.54, 1.807) is 43.3 Å². The summed E-state index contributed by atoms with van der Waals surface area (Å²) in [6.07, 6.45) is -6.10. The number of rotatable bonds is 4. The van der Waals surface area contributed by atoms with E-state index in [4.69, 9.17) is 11.6 Å². The number of halogens is 4. The Morgan fingerprint density at radius 3 is 2.00 bits per heavy atom. The van der Waals surface area contributed by atoms with E-state index in [0.29, 0.717) is 10.6 Å². The molecule has 0 aromatic heterocycles. The molecule has 0 heterocycles. The van der Waals surface area contributed by atoms with Gasteiger partial charge in [0.2, 0.25) is 0 Å². The van der Waals surface area contributed by atoms with Crippen molar-refractivity contribution in [3.63, 3.8) is 0 Å². The molecule has 0 bridgehead atoms. The highest BCUT2D eigenvalue weighted by Gasteiger charge is 2.41. The second-order valence-electron chi connectivity index (χ2n) is 4.58. The van der Waals surface area contributed by atoms with Crippen LogP contribution in [0.4, 0.5) is 13.2 Å². The van der Waals surface area contributed by atoms with E-state index in [1.807, 2.05) is 0 Å². The van der Waals surface area contributed by atoms with E-state index in [1.165, 1.54) is 0 Å². The smallest absolute Gasteiger partial charge is 0.197 e. The highest BCUT2D eigenvalue weighted by atomic mass is 35.5. The lowest BCUT2D eigenvalue weighted by atomic mass is 9.72. The van der Waals surface area contributed by atoms with Crippen LogP contribution in [0.3, 0.4) is 0 Å². The molecule has 1 atom stereocenters. The molecule has 1 aromatic carbocycles. The third-order valence-electron chi connectivity index (χ3n) is 3.31. The van der Waals surface area contributed by atoms with Gasteiger partial charge in [0.05, 0.1) is 12.1 Å². The molecule has 0 aliphatic carbocycles. The van der Waals surface area contributed by atoms with Crippen LogP contribution < -0.4 is 0 Å². The number of benzene rings is 1. The Balaban J connectivity index is 3.04. The van der Waals surface area contributed by atoms with Gasteiger partial charge in [0.1, 0.15) is 0 Å². The Morgan fingerprint density at radius 1 is 1.10 bits per heavy atom. The van der Waals surface area contributed by atoms with Crippen LogP contribution in [-0.2, 0) is 0 Å². The standard InChI is InChI=1S/C14H12ClF3N2/c1-10(11-2-4-12(15)5-3-11)13(8-19,9-20)6-7-14(16,17)18/h2-5,10H,6-7H2,1H3. The predicted molar refractivity (Wildman–Crippen MR) is 68.8 cm³/mol. The fourth-order valence-electron chi connectivity index (χ4n) is 1.92. The van der Waals surface area contributed by atoms with E-state index in [9.17, 15) is 23.7 Å². The monoisotopic (exact) mass is 300 g/mol. The van der Waals surface area contributed by atoms with Crippen LogP contribution in [0.5, 0.6) is 0 Å². The molecule has 0 saturated heterocycles. The Kier molecular flexibility index (Phi) is 5.03. The van der Waals surface area contributed by atoms with Crippen LogP contribution in [0, 0.1) is 28.1 Å². The molecule has 0 fully saturated rings. The molecular formula is C14H12ClF3N2. The lowest BCUT2D eigenvalue weighted by Crippen LogP contribution is -2.26. The SMILES string of the molecule is CC(c1ccc(Cl)cc1)C(C#N)(C#N)CCC(F)(F)F. The normalized spacial score (nSPS) is 13.3. The van der Waals surface area contributed by atoms with Crippen LogP contribution in [0.1, 0.15) is 31.2 Å². The van der Waals surface area contributed by atoms with E-state index in [-0.39, 0.29) is 0 Å². The first-order chi connectivity index (χ1) is 9.24. The number of hydrogen-bond acceptors (Lipinski definition) is 2. The molecule has 0 spiro atoms. The largest absolute Gasteiger partial charge is 0.389 e. The van der Waals surface area contributed by atoms with Gasteiger partial charge in [0.15, 0.2) is 5.41 Å². The molecule has 2 nitrogen and oxygen atoms in total. The minimum absolute atomic E-state index is 0.482. The van der Waals surface area contributed by atoms with Crippen LogP contribution in [-0.4, -0.2) is 6.18 Å². The molecule has 1 aromatic rings. The zero-order chi connectivity index (χ0) is 15.4. The van der Waals surface area contributed by atoms with E-state index < -0.39 is 30.4 Å². The number of alkyl halides is 3. The molecule has 0 aliphatic rings. The summed E-state index contributed by atoms with van der Waals surface area (Å²) >= 11 is 5.74. The van der Waals surface area contributed by atoms with Gasteiger partial charge in [-0.2, -0.15) is 23.7 Å². The first kappa shape index (κ1) is 16.3. The Morgan fingerprint density at radius 2 is 1.60 bits per heavy atom. The van der Waals surface area contributed by atoms with Crippen LogP contribution in [0.15, 0.2) is 24.3 Å². The molecular weight excluding hydrogens is 289 g/mol. The fourth-order valence-corrected chi connectivity index (χ4v) is 2.05. The second kappa shape index (κ2) is 6.15. The molecule has 106 valence electrons. The fraction of sp³-hybridized carbons (Fsp3) is 0.429. The molecule has 0 amide bonds. The maximum Gasteiger partial charge on any atom is 0.389 e. The summed E-state index contributed by atoms with van der Waals surface area (Å²) in [5, 5.41) is 18.9. The minimum Gasteiger partial charge on any atom is -0.197 e. The minimum atomic E-state index is -4.39. The van der Waals surface area contributed by atoms with Gasteiger partial charge >= 0.3 is 6.18 Å². The Hall–Kier alpha value is -1.72. The van der Waals surface area contributed by atoms with Crippen LogP contribution >= 0.6 is 11.6 Å². The average molecular weight is 301 g/mol. The second-order valence-corrected chi connectivity index (χ2v) is 5.02. The third kappa shape index (κ3) is 3.88. The molecule has 6 heteroatoms. The number of nitriles is 2. The highest BCUT2D eigenvalue weighted by Crippen LogP contribution is 2.41. The van der Waals surface area contributed by atoms with Crippen molar-refractivity contribution in [3.8, 4) is 12.1 Å². The summed E-state index contributed by atoms with van der Waals surface area (Å²) < 4.78 is 37.0. The zero-order valence-corrected chi connectivity index (χ0v) is 11.5. The molecule has 0 saturated carbocycles. The van der Waals surface area contributed by atoms with Gasteiger partial charge in [-0.1, -0.05) is 30.7 Å². The first-order valence-corrected chi connectivity index (χ1v) is 6.26. The molecule has 1 unspecified atom stereocenters. The van der Waals surface area contributed by atoms with Crippen molar-refractivity contribution in [1.29, 1.82) is 10.5 Å². The van der Waals surface area contributed by atoms with Gasteiger partial charge in [0, 0.05) is 17.4 Å². The zero-order valence-electron chi connectivity index (χ0n) is 10.7. The number of nitrogens with zero attached hydrogens (tertiary/aromatic N) is 2. The Labute approximate surface area is 120 Å². The first-order valence-electron chi connectivity index (χ1n) is 5.89. The van der Waals surface area contributed by atoms with E-state index in [0.717, 1.165) is 0 Å². The summed E-state index contributed by atoms with van der Waals surface area (Å²) in [7, 11) is 0. The van der Waals surface area contributed by atoms with Crippen molar-refractivity contribution in [1.82, 2.24) is 0 Å². The predicted octanol–water partition coefficient (Wildman–Crippen LogP) is 4.82. The van der Waals surface area contributed by atoms with Gasteiger partial charge in [-0.05, 0) is 24.1 Å². The maximum absolute atomic E-state index is 12.3. The molecule has 0 aliphatic heterocycles. The maximum atomic E-state index is 12.3. The summed E-state index contributed by atoms with van der Waals surface area (Å²) in [6, 6.07) is 9.90. The quantitative estimate of drug-likeness (QED) is 0.800. The van der Waals surface area contributed by atoms with Crippen LogP contribution in [0.25, 0.3) is 0 Å². The lowest BCUT2D eigenvalue weighted by Gasteiger charge is -2.26. The summed E-state index contributed by atoms with van der Waals surface area (Å²) in [6.45, 7) is 1.58. The summed E-state index contributed by atoms with van der Waals surface area (Å²) in [5.41, 5.74) is -1.09. The van der Waals surface area contributed by atoms with E-state index in [2.05, 4.69) is 0 Å². The van der Waals surface area contributed by atoms with Gasteiger partial charge in [-0.25, -0.2) is 0 Å². The average Bonchev–Trinajstić information content (AvgIpc) is 2.40. The third-order valence-corrected chi connectivity index (χ3v) is 3.56. The van der Waals surface area contributed by atoms with Crippen molar-refractivity contribution in [2.75, 3.05) is 0 Å². The van der Waals surface area contributed by atoms with Crippen molar-refractivity contribution in [2.24, 2.45) is 5.41 Å². The lowest BCUT2D eigenvalue weighted by molar-refractivity contribution is -0.138. The summed E-state index contributed by atoms with van der Waals surface area (Å²) in [4.78, 5) is 0. The highest BCUT2D eigenvalue weighted by molar-refractivity contribution is 6.30. The van der Waals surface area contributed by atoms with Crippen LogP contribution in [0.2, 0.25) is 5.02 Å². The topological polar surface area (TPSA) is 47.6 Å². The summed E-state index contributed by atoms with van der Waals surface area (Å²) in [5.74, 6) is -0.642. The molecule has 0 N–H and O–H groups in total. The van der Waals surface area contributed by atoms with Crippen molar-refractivity contribution >= 4 is 11.6 Å². The van der Waals surface area contributed by atoms with Gasteiger partial charge in [-0.15, -0.1) is 0 Å². The van der Waals surface area contributed by atoms with Gasteiger partial charge in [0.25, 0.3) is 0 Å². The van der Waals surface area contributed by atoms with Gasteiger partial charge < -0.3 is 0 Å². The Bertz CT molecular complexity index is 524. The number of hydrogen-bond donors (Lipinski definition) is 0. The van der Waals surface area contributed by atoms with E-state index >= 15 is 0 Å².